The molecule has 1 saturated heterocycles. The van der Waals surface area contributed by atoms with Gasteiger partial charge in [-0.3, -0.25) is 4.90 Å². The summed E-state index contributed by atoms with van der Waals surface area (Å²) in [5.74, 6) is -1.72. The SMILES string of the molecule is CS(=O)(=O)c1nc2c([nH]1)CN([C@@H]1C[C@H](N)[C@@H](c3cc(F)ccc3F)OC1C(F)(F)F)C2. The molecule has 4 rings (SSSR count). The largest absolute Gasteiger partial charge is 0.416 e. The monoisotopic (exact) mass is 466 g/mol. The number of nitrogens with two attached hydrogens (primary N) is 1. The van der Waals surface area contributed by atoms with Crippen LogP contribution in [0.15, 0.2) is 23.4 Å². The summed E-state index contributed by atoms with van der Waals surface area (Å²) in [5.41, 5.74) is 6.40. The van der Waals surface area contributed by atoms with Crippen molar-refractivity contribution in [3.8, 4) is 0 Å². The Morgan fingerprint density at radius 3 is 2.58 bits per heavy atom. The van der Waals surface area contributed by atoms with Gasteiger partial charge in [0.05, 0.1) is 11.4 Å². The molecule has 1 aromatic carbocycles. The van der Waals surface area contributed by atoms with Crippen LogP contribution in [0.5, 0.6) is 0 Å². The molecule has 0 spiro atoms. The molecule has 0 amide bonds. The van der Waals surface area contributed by atoms with Gasteiger partial charge in [0.2, 0.25) is 15.0 Å². The van der Waals surface area contributed by atoms with Gasteiger partial charge in [-0.05, 0) is 24.6 Å². The van der Waals surface area contributed by atoms with Crippen molar-refractivity contribution in [2.75, 3.05) is 6.26 Å². The van der Waals surface area contributed by atoms with E-state index in [1.165, 1.54) is 4.90 Å². The number of hydrogen-bond donors (Lipinski definition) is 2. The number of fused-ring (bicyclic) bond motifs is 1. The molecule has 3 heterocycles. The maximum atomic E-state index is 14.2. The lowest BCUT2D eigenvalue weighted by atomic mass is 9.89. The smallest absolute Gasteiger partial charge is 0.357 e. The van der Waals surface area contributed by atoms with Crippen molar-refractivity contribution in [2.45, 2.75) is 55.1 Å². The normalized spacial score (nSPS) is 27.5. The van der Waals surface area contributed by atoms with Crippen molar-refractivity contribution < 1.29 is 35.1 Å². The summed E-state index contributed by atoms with van der Waals surface area (Å²) in [7, 11) is -3.59. The van der Waals surface area contributed by atoms with E-state index in [4.69, 9.17) is 10.5 Å². The number of hydrogen-bond acceptors (Lipinski definition) is 6. The highest BCUT2D eigenvalue weighted by molar-refractivity contribution is 7.90. The van der Waals surface area contributed by atoms with Crippen LogP contribution in [0, 0.1) is 11.6 Å². The molecule has 170 valence electrons. The Kier molecular flexibility index (Phi) is 5.35. The summed E-state index contributed by atoms with van der Waals surface area (Å²) in [6.07, 6.45) is -7.81. The van der Waals surface area contributed by atoms with Crippen molar-refractivity contribution in [1.82, 2.24) is 14.9 Å². The Morgan fingerprint density at radius 1 is 1.26 bits per heavy atom. The van der Waals surface area contributed by atoms with Gasteiger partial charge in [-0.25, -0.2) is 22.2 Å². The molecule has 0 aliphatic carbocycles. The maximum absolute atomic E-state index is 14.2. The fourth-order valence-corrected chi connectivity index (χ4v) is 4.67. The van der Waals surface area contributed by atoms with Crippen LogP contribution in [0.3, 0.4) is 0 Å². The topological polar surface area (TPSA) is 101 Å². The van der Waals surface area contributed by atoms with E-state index in [1.807, 2.05) is 0 Å². The molecule has 13 heteroatoms. The van der Waals surface area contributed by atoms with E-state index >= 15 is 0 Å². The molecule has 31 heavy (non-hydrogen) atoms. The van der Waals surface area contributed by atoms with Crippen molar-refractivity contribution in [1.29, 1.82) is 0 Å². The zero-order chi connectivity index (χ0) is 22.7. The van der Waals surface area contributed by atoms with Crippen molar-refractivity contribution in [3.63, 3.8) is 0 Å². The average molecular weight is 466 g/mol. The fraction of sp³-hybridized carbons (Fsp3) is 0.500. The second-order valence-corrected chi connectivity index (χ2v) is 9.73. The number of nitrogens with zero attached hydrogens (tertiary/aromatic N) is 2. The highest BCUT2D eigenvalue weighted by atomic mass is 32.2. The number of imidazole rings is 1. The van der Waals surface area contributed by atoms with Crippen molar-refractivity contribution in [2.24, 2.45) is 5.73 Å². The number of ether oxygens (including phenoxy) is 1. The van der Waals surface area contributed by atoms with Crippen LogP contribution in [0.4, 0.5) is 22.0 Å². The molecule has 1 fully saturated rings. The molecular weight excluding hydrogens is 447 g/mol. The Labute approximate surface area is 174 Å². The van der Waals surface area contributed by atoms with E-state index in [1.54, 1.807) is 0 Å². The van der Waals surface area contributed by atoms with Crippen LogP contribution < -0.4 is 5.73 Å². The van der Waals surface area contributed by atoms with Gasteiger partial charge in [0.15, 0.2) is 6.10 Å². The predicted molar refractivity (Wildman–Crippen MR) is 97.4 cm³/mol. The molecule has 2 aliphatic heterocycles. The minimum Gasteiger partial charge on any atom is -0.357 e. The third kappa shape index (κ3) is 4.19. The summed E-state index contributed by atoms with van der Waals surface area (Å²) >= 11 is 0. The van der Waals surface area contributed by atoms with Crippen molar-refractivity contribution >= 4 is 9.84 Å². The molecule has 0 saturated carbocycles. The molecule has 0 bridgehead atoms. The van der Waals surface area contributed by atoms with Gasteiger partial charge in [-0.2, -0.15) is 13.2 Å². The highest BCUT2D eigenvalue weighted by Crippen LogP contribution is 2.42. The quantitative estimate of drug-likeness (QED) is 0.673. The third-order valence-electron chi connectivity index (χ3n) is 5.51. The number of benzene rings is 1. The van der Waals surface area contributed by atoms with E-state index in [2.05, 4.69) is 9.97 Å². The van der Waals surface area contributed by atoms with Crippen LogP contribution in [0.1, 0.15) is 29.5 Å². The number of alkyl halides is 3. The molecule has 7 nitrogen and oxygen atoms in total. The number of halogens is 5. The summed E-state index contributed by atoms with van der Waals surface area (Å²) < 4.78 is 97.8. The van der Waals surface area contributed by atoms with Crippen LogP contribution in [0.25, 0.3) is 0 Å². The molecule has 3 N–H and O–H groups in total. The summed E-state index contributed by atoms with van der Waals surface area (Å²) in [6, 6.07) is 0.205. The standard InChI is InChI=1S/C18H19F5N4O3S/c1-31(28,29)17-25-12-6-27(7-13(12)26-17)14-5-11(24)15(30-16(14)18(21,22)23)9-4-8(19)2-3-10(9)20/h2-4,11,14-16H,5-7,24H2,1H3,(H,25,26)/t11-,14+,15+,16?/m0/s1. The number of rotatable bonds is 3. The van der Waals surface area contributed by atoms with Gasteiger partial charge in [-0.15, -0.1) is 0 Å². The Hall–Kier alpha value is -2.09. The van der Waals surface area contributed by atoms with E-state index < -0.39 is 51.9 Å². The number of H-pyrrole nitrogens is 1. The minimum atomic E-state index is -4.80. The number of sulfone groups is 1. The molecule has 2 aliphatic rings. The zero-order valence-corrected chi connectivity index (χ0v) is 17.0. The van der Waals surface area contributed by atoms with Gasteiger partial charge in [-0.1, -0.05) is 0 Å². The van der Waals surface area contributed by atoms with Crippen molar-refractivity contribution in [3.05, 3.63) is 46.8 Å². The van der Waals surface area contributed by atoms with Gasteiger partial charge in [0, 0.05) is 37.0 Å². The van der Waals surface area contributed by atoms with Crippen LogP contribution in [-0.4, -0.2) is 53.9 Å². The van der Waals surface area contributed by atoms with E-state index in [0.717, 1.165) is 24.5 Å². The number of aromatic nitrogens is 2. The second kappa shape index (κ2) is 7.50. The van der Waals surface area contributed by atoms with E-state index in [9.17, 15) is 30.4 Å². The molecule has 1 aromatic heterocycles. The molecule has 4 atom stereocenters. The first-order chi connectivity index (χ1) is 14.3. The lowest BCUT2D eigenvalue weighted by Crippen LogP contribution is -2.58. The van der Waals surface area contributed by atoms with Gasteiger partial charge in [0.25, 0.3) is 0 Å². The first-order valence-electron chi connectivity index (χ1n) is 9.29. The maximum Gasteiger partial charge on any atom is 0.416 e. The highest BCUT2D eigenvalue weighted by Gasteiger charge is 2.54. The van der Waals surface area contributed by atoms with Gasteiger partial charge in [0.1, 0.15) is 17.7 Å². The molecular formula is C18H19F5N4O3S. The fourth-order valence-electron chi connectivity index (χ4n) is 4.09. The van der Waals surface area contributed by atoms with Crippen LogP contribution >= 0.6 is 0 Å². The summed E-state index contributed by atoms with van der Waals surface area (Å²) in [4.78, 5) is 8.04. The molecule has 0 radical (unpaired) electrons. The van der Waals surface area contributed by atoms with E-state index in [-0.39, 0.29) is 30.2 Å². The Bertz CT molecular complexity index is 1080. The lowest BCUT2D eigenvalue weighted by Gasteiger charge is -2.44. The van der Waals surface area contributed by atoms with Crippen LogP contribution in [-0.2, 0) is 27.7 Å². The Balaban J connectivity index is 1.60. The molecule has 2 aromatic rings. The first kappa shape index (κ1) is 22.1. The number of nitrogens with one attached hydrogen (secondary N) is 1. The average Bonchev–Trinajstić information content (AvgIpc) is 3.21. The Morgan fingerprint density at radius 2 is 1.97 bits per heavy atom. The third-order valence-corrected chi connectivity index (χ3v) is 6.41. The zero-order valence-electron chi connectivity index (χ0n) is 16.2. The lowest BCUT2D eigenvalue weighted by molar-refractivity contribution is -0.269. The summed E-state index contributed by atoms with van der Waals surface area (Å²) in [5, 5.41) is -0.247. The van der Waals surface area contributed by atoms with Crippen LogP contribution in [0.2, 0.25) is 0 Å². The van der Waals surface area contributed by atoms with Gasteiger partial charge < -0.3 is 15.5 Å². The predicted octanol–water partition coefficient (Wildman–Crippen LogP) is 2.20. The van der Waals surface area contributed by atoms with E-state index in [0.29, 0.717) is 11.4 Å². The number of aromatic amines is 1. The van der Waals surface area contributed by atoms with Gasteiger partial charge >= 0.3 is 6.18 Å². The molecule has 1 unspecified atom stereocenters. The minimum absolute atomic E-state index is 0.00975. The second-order valence-electron chi connectivity index (χ2n) is 7.80. The first-order valence-corrected chi connectivity index (χ1v) is 11.2. The summed E-state index contributed by atoms with van der Waals surface area (Å²) in [6.45, 7) is -0.0438.